The number of carbonyl (C=O) groups excluding carboxylic acids is 1. The first kappa shape index (κ1) is 21.6. The number of fused-ring (bicyclic) bond motifs is 1. The quantitative estimate of drug-likeness (QED) is 0.362. The van der Waals surface area contributed by atoms with Gasteiger partial charge in [0, 0.05) is 37.7 Å². The molecule has 164 valence electrons. The topological polar surface area (TPSA) is 56.1 Å². The summed E-state index contributed by atoms with van der Waals surface area (Å²) in [5.74, 6) is -0.838. The van der Waals surface area contributed by atoms with Crippen LogP contribution in [0.3, 0.4) is 0 Å². The second kappa shape index (κ2) is 8.51. The lowest BCUT2D eigenvalue weighted by molar-refractivity contribution is -0.117. The van der Waals surface area contributed by atoms with Crippen LogP contribution in [0, 0.1) is 17.6 Å². The summed E-state index contributed by atoms with van der Waals surface area (Å²) in [7, 11) is -1.24. The highest BCUT2D eigenvalue weighted by Crippen LogP contribution is 2.35. The molecular formula is C23H27F2N3O2Si. The van der Waals surface area contributed by atoms with Crippen LogP contribution in [-0.4, -0.2) is 30.1 Å². The molecule has 5 nitrogen and oxygen atoms in total. The number of ether oxygens (including phenoxy) is 1. The van der Waals surface area contributed by atoms with Gasteiger partial charge < -0.3 is 14.6 Å². The first-order valence-corrected chi connectivity index (χ1v) is 14.3. The second-order valence-corrected chi connectivity index (χ2v) is 14.9. The van der Waals surface area contributed by atoms with E-state index in [0.717, 1.165) is 18.9 Å². The fourth-order valence-electron chi connectivity index (χ4n) is 3.40. The summed E-state index contributed by atoms with van der Waals surface area (Å²) in [6.07, 6.45) is 3.46. The summed E-state index contributed by atoms with van der Waals surface area (Å²) < 4.78 is 36.6. The summed E-state index contributed by atoms with van der Waals surface area (Å²) in [5, 5.41) is 3.43. The minimum absolute atomic E-state index is 0.0447. The predicted molar refractivity (Wildman–Crippen MR) is 121 cm³/mol. The lowest BCUT2D eigenvalue weighted by Crippen LogP contribution is -2.22. The maximum Gasteiger partial charge on any atom is 0.228 e. The van der Waals surface area contributed by atoms with E-state index >= 15 is 0 Å². The second-order valence-electron chi connectivity index (χ2n) is 9.29. The SMILES string of the molecule is C[Si](C)(C)CCOCn1cc(-c2c(F)cccc2F)c2ccc(NC(=O)C3CC3)nc21. The molecule has 1 aromatic carbocycles. The molecule has 1 fully saturated rings. The standard InChI is InChI=1S/C23H27F2N3O2Si/c1-31(2,3)12-11-30-14-28-13-17(21-18(24)5-4-6-19(21)25)16-9-10-20(26-22(16)28)27-23(29)15-7-8-15/h4-6,9-10,13,15H,7-8,11-12,14H2,1-3H3,(H,26,27,29). The Kier molecular flexibility index (Phi) is 5.94. The zero-order chi connectivity index (χ0) is 22.2. The molecule has 1 N–H and O–H groups in total. The molecular weight excluding hydrogens is 416 g/mol. The Morgan fingerprint density at radius 3 is 2.55 bits per heavy atom. The van der Waals surface area contributed by atoms with Crippen LogP contribution in [0.25, 0.3) is 22.2 Å². The molecule has 3 aromatic rings. The molecule has 4 rings (SSSR count). The number of rotatable bonds is 8. The largest absolute Gasteiger partial charge is 0.361 e. The molecule has 0 saturated heterocycles. The minimum Gasteiger partial charge on any atom is -0.361 e. The van der Waals surface area contributed by atoms with Gasteiger partial charge in [0.05, 0.1) is 5.56 Å². The van der Waals surface area contributed by atoms with Crippen molar-refractivity contribution in [3.8, 4) is 11.1 Å². The van der Waals surface area contributed by atoms with Crippen molar-refractivity contribution in [1.82, 2.24) is 9.55 Å². The Balaban J connectivity index is 1.69. The van der Waals surface area contributed by atoms with Gasteiger partial charge in [-0.15, -0.1) is 0 Å². The third kappa shape index (κ3) is 5.02. The number of aromatic nitrogens is 2. The maximum atomic E-state index is 14.5. The van der Waals surface area contributed by atoms with Crippen molar-refractivity contribution >= 4 is 30.8 Å². The Morgan fingerprint density at radius 1 is 1.19 bits per heavy atom. The number of halogens is 2. The summed E-state index contributed by atoms with van der Waals surface area (Å²) >= 11 is 0. The van der Waals surface area contributed by atoms with Crippen LogP contribution in [0.15, 0.2) is 36.5 Å². The number of anilines is 1. The van der Waals surface area contributed by atoms with Crippen molar-refractivity contribution < 1.29 is 18.3 Å². The Morgan fingerprint density at radius 2 is 1.90 bits per heavy atom. The van der Waals surface area contributed by atoms with E-state index in [4.69, 9.17) is 4.74 Å². The average Bonchev–Trinajstić information content (AvgIpc) is 3.49. The third-order valence-electron chi connectivity index (χ3n) is 5.38. The van der Waals surface area contributed by atoms with E-state index in [1.54, 1.807) is 22.9 Å². The van der Waals surface area contributed by atoms with E-state index in [1.165, 1.54) is 18.2 Å². The highest BCUT2D eigenvalue weighted by molar-refractivity contribution is 6.76. The molecule has 2 heterocycles. The van der Waals surface area contributed by atoms with E-state index in [1.807, 2.05) is 0 Å². The van der Waals surface area contributed by atoms with Gasteiger partial charge in [0.25, 0.3) is 0 Å². The van der Waals surface area contributed by atoms with Gasteiger partial charge >= 0.3 is 0 Å². The summed E-state index contributed by atoms with van der Waals surface area (Å²) in [4.78, 5) is 16.7. The predicted octanol–water partition coefficient (Wildman–Crippen LogP) is 5.64. The molecule has 8 heteroatoms. The summed E-state index contributed by atoms with van der Waals surface area (Å²) in [6, 6.07) is 8.24. The summed E-state index contributed by atoms with van der Waals surface area (Å²) in [5.41, 5.74) is 0.830. The van der Waals surface area contributed by atoms with E-state index in [-0.39, 0.29) is 24.1 Å². The van der Waals surface area contributed by atoms with Crippen molar-refractivity contribution in [3.05, 3.63) is 48.2 Å². The van der Waals surface area contributed by atoms with E-state index in [0.29, 0.717) is 29.0 Å². The number of nitrogens with zero attached hydrogens (tertiary/aromatic N) is 2. The molecule has 1 amide bonds. The number of hydrogen-bond donors (Lipinski definition) is 1. The number of benzene rings is 1. The van der Waals surface area contributed by atoms with Crippen LogP contribution in [-0.2, 0) is 16.3 Å². The van der Waals surface area contributed by atoms with Crippen molar-refractivity contribution in [1.29, 1.82) is 0 Å². The van der Waals surface area contributed by atoms with Crippen LogP contribution in [0.1, 0.15) is 12.8 Å². The first-order valence-electron chi connectivity index (χ1n) is 10.6. The van der Waals surface area contributed by atoms with Gasteiger partial charge in [-0.25, -0.2) is 13.8 Å². The molecule has 1 aliphatic carbocycles. The smallest absolute Gasteiger partial charge is 0.228 e. The van der Waals surface area contributed by atoms with Crippen molar-refractivity contribution in [3.63, 3.8) is 0 Å². The zero-order valence-corrected chi connectivity index (χ0v) is 19.0. The molecule has 1 aliphatic rings. The molecule has 0 radical (unpaired) electrons. The number of pyridine rings is 1. The van der Waals surface area contributed by atoms with Crippen LogP contribution < -0.4 is 5.32 Å². The fourth-order valence-corrected chi connectivity index (χ4v) is 4.16. The van der Waals surface area contributed by atoms with E-state index in [2.05, 4.69) is 29.9 Å². The Labute approximate surface area is 181 Å². The van der Waals surface area contributed by atoms with Crippen LogP contribution >= 0.6 is 0 Å². The monoisotopic (exact) mass is 443 g/mol. The molecule has 0 bridgehead atoms. The Bertz CT molecular complexity index is 1100. The molecule has 0 atom stereocenters. The van der Waals surface area contributed by atoms with Gasteiger partial charge in [-0.2, -0.15) is 0 Å². The van der Waals surface area contributed by atoms with Gasteiger partial charge in [-0.1, -0.05) is 25.7 Å². The van der Waals surface area contributed by atoms with Gasteiger partial charge in [0.1, 0.15) is 29.8 Å². The Hall–Kier alpha value is -2.58. The van der Waals surface area contributed by atoms with Crippen molar-refractivity contribution in [2.45, 2.75) is 45.3 Å². The number of hydrogen-bond acceptors (Lipinski definition) is 3. The first-order chi connectivity index (χ1) is 14.7. The summed E-state index contributed by atoms with van der Waals surface area (Å²) in [6.45, 7) is 7.64. The molecule has 31 heavy (non-hydrogen) atoms. The van der Waals surface area contributed by atoms with Crippen molar-refractivity contribution in [2.75, 3.05) is 11.9 Å². The van der Waals surface area contributed by atoms with Gasteiger partial charge in [0.2, 0.25) is 5.91 Å². The van der Waals surface area contributed by atoms with E-state index < -0.39 is 19.7 Å². The number of carbonyl (C=O) groups is 1. The van der Waals surface area contributed by atoms with Gasteiger partial charge in [-0.05, 0) is 43.2 Å². The molecule has 1 saturated carbocycles. The minimum atomic E-state index is -1.24. The zero-order valence-electron chi connectivity index (χ0n) is 18.0. The maximum absolute atomic E-state index is 14.5. The third-order valence-corrected chi connectivity index (χ3v) is 7.08. The van der Waals surface area contributed by atoms with Crippen LogP contribution in [0.5, 0.6) is 0 Å². The lowest BCUT2D eigenvalue weighted by atomic mass is 10.0. The molecule has 2 aromatic heterocycles. The normalized spacial score (nSPS) is 14.2. The average molecular weight is 444 g/mol. The fraction of sp³-hybridized carbons (Fsp3) is 0.391. The molecule has 0 unspecified atom stereocenters. The van der Waals surface area contributed by atoms with Gasteiger partial charge in [0.15, 0.2) is 0 Å². The van der Waals surface area contributed by atoms with Gasteiger partial charge in [-0.3, -0.25) is 4.79 Å². The van der Waals surface area contributed by atoms with Crippen molar-refractivity contribution in [2.24, 2.45) is 5.92 Å². The lowest BCUT2D eigenvalue weighted by Gasteiger charge is -2.15. The molecule has 0 aliphatic heterocycles. The number of nitrogens with one attached hydrogen (secondary N) is 1. The highest BCUT2D eigenvalue weighted by Gasteiger charge is 2.30. The van der Waals surface area contributed by atoms with E-state index in [9.17, 15) is 13.6 Å². The highest BCUT2D eigenvalue weighted by atomic mass is 28.3. The van der Waals surface area contributed by atoms with Crippen LogP contribution in [0.2, 0.25) is 25.7 Å². The number of amides is 1. The molecule has 0 spiro atoms. The van der Waals surface area contributed by atoms with Crippen LogP contribution in [0.4, 0.5) is 14.6 Å².